The van der Waals surface area contributed by atoms with Gasteiger partial charge in [-0.2, -0.15) is 0 Å². The second-order valence-corrected chi connectivity index (χ2v) is 12.2. The number of phenols is 1. The molecule has 4 atom stereocenters. The van der Waals surface area contributed by atoms with E-state index in [-0.39, 0.29) is 36.1 Å². The number of likely N-dealkylation sites (N-methyl/N-ethyl adjacent to an activating group) is 1. The maximum atomic E-state index is 14.1. The Morgan fingerprint density at radius 1 is 1.09 bits per heavy atom. The molecule has 0 radical (unpaired) electrons. The molecule has 0 aliphatic heterocycles. The molecule has 5 rings (SSSR count). The number of phenolic OH excluding ortho intramolecular Hbond substituents is 1. The molecule has 45 heavy (non-hydrogen) atoms. The Balaban J connectivity index is 1.56. The summed E-state index contributed by atoms with van der Waals surface area (Å²) in [5.74, 6) is -6.94. The van der Waals surface area contributed by atoms with Crippen molar-refractivity contribution in [3.8, 4) is 11.5 Å². The minimum Gasteiger partial charge on any atom is -0.510 e. The molecule has 0 bridgehead atoms. The van der Waals surface area contributed by atoms with E-state index in [1.54, 1.807) is 63.4 Å². The summed E-state index contributed by atoms with van der Waals surface area (Å²) in [6, 6.07) is 7.39. The lowest BCUT2D eigenvalue weighted by atomic mass is 9.58. The quantitative estimate of drug-likeness (QED) is 0.257. The van der Waals surface area contributed by atoms with Crippen LogP contribution in [0.5, 0.6) is 11.5 Å². The fourth-order valence-electron chi connectivity index (χ4n) is 6.80. The number of aliphatic hydroxyl groups is 3. The molecule has 0 saturated carbocycles. The molecule has 0 aromatic heterocycles. The summed E-state index contributed by atoms with van der Waals surface area (Å²) in [6.07, 6.45) is -0.672. The van der Waals surface area contributed by atoms with Gasteiger partial charge in [0, 0.05) is 43.4 Å². The lowest BCUT2D eigenvalue weighted by Gasteiger charge is -2.50. The molecular weight excluding hydrogens is 584 g/mol. The highest BCUT2D eigenvalue weighted by Crippen LogP contribution is 2.53. The summed E-state index contributed by atoms with van der Waals surface area (Å²) in [7, 11) is 6.64. The lowest BCUT2D eigenvalue weighted by Crippen LogP contribution is -2.63. The Labute approximate surface area is 259 Å². The molecule has 238 valence electrons. The predicted octanol–water partition coefficient (Wildman–Crippen LogP) is 1.78. The number of primary amides is 1. The third kappa shape index (κ3) is 4.97. The fraction of sp³-hybridized carbons (Fsp3) is 0.375. The fourth-order valence-corrected chi connectivity index (χ4v) is 6.80. The van der Waals surface area contributed by atoms with Crippen LogP contribution >= 0.6 is 0 Å². The maximum Gasteiger partial charge on any atom is 0.412 e. The average Bonchev–Trinajstić information content (AvgIpc) is 2.95. The Kier molecular flexibility index (Phi) is 7.88. The van der Waals surface area contributed by atoms with Crippen LogP contribution in [0.2, 0.25) is 0 Å². The van der Waals surface area contributed by atoms with E-state index in [9.17, 15) is 39.6 Å². The lowest BCUT2D eigenvalue weighted by molar-refractivity contribution is -0.148. The normalized spacial score (nSPS) is 24.2. The highest BCUT2D eigenvalue weighted by Gasteiger charge is 2.63. The molecule has 3 aliphatic carbocycles. The minimum absolute atomic E-state index is 0.0203. The molecule has 2 aromatic carbocycles. The third-order valence-electron chi connectivity index (χ3n) is 8.91. The zero-order valence-electron chi connectivity index (χ0n) is 25.5. The van der Waals surface area contributed by atoms with Crippen LogP contribution in [-0.2, 0) is 22.6 Å². The van der Waals surface area contributed by atoms with Crippen LogP contribution < -0.4 is 20.7 Å². The molecule has 7 N–H and O–H groups in total. The number of amides is 2. The SMILES string of the molecule is Cc1ccc(OC(=O)NCc2cc(N(C)C)c3c(c2O)C(=O)C2=C(O)C4(O)C(=O)C(C(N)=O)=C(O)C(N(C)C)C4CC2C3)cc1. The molecule has 13 heteroatoms. The first kappa shape index (κ1) is 31.5. The monoisotopic (exact) mass is 620 g/mol. The minimum atomic E-state index is -2.73. The number of aryl methyl sites for hydroxylation is 1. The second kappa shape index (κ2) is 11.2. The number of carbonyl (C=O) groups is 4. The maximum absolute atomic E-state index is 14.1. The van der Waals surface area contributed by atoms with Crippen molar-refractivity contribution >= 4 is 29.3 Å². The largest absolute Gasteiger partial charge is 0.510 e. The molecule has 0 spiro atoms. The van der Waals surface area contributed by atoms with Crippen molar-refractivity contribution in [2.45, 2.75) is 38.0 Å². The molecule has 0 saturated heterocycles. The van der Waals surface area contributed by atoms with E-state index in [0.717, 1.165) is 5.56 Å². The number of ketones is 2. The summed E-state index contributed by atoms with van der Waals surface area (Å²) in [5, 5.41) is 48.2. The van der Waals surface area contributed by atoms with Crippen molar-refractivity contribution in [2.75, 3.05) is 33.1 Å². The van der Waals surface area contributed by atoms with E-state index in [2.05, 4.69) is 5.32 Å². The molecule has 3 aliphatic rings. The highest BCUT2D eigenvalue weighted by atomic mass is 16.6. The van der Waals surface area contributed by atoms with Crippen molar-refractivity contribution in [3.05, 3.63) is 75.3 Å². The number of fused-ring (bicyclic) bond motifs is 3. The van der Waals surface area contributed by atoms with Crippen LogP contribution in [0.15, 0.2) is 53.0 Å². The third-order valence-corrected chi connectivity index (χ3v) is 8.91. The van der Waals surface area contributed by atoms with Crippen LogP contribution in [0.25, 0.3) is 0 Å². The van der Waals surface area contributed by atoms with Gasteiger partial charge in [0.15, 0.2) is 11.4 Å². The Morgan fingerprint density at radius 2 is 1.73 bits per heavy atom. The molecular formula is C32H36N4O9. The van der Waals surface area contributed by atoms with Gasteiger partial charge in [0.1, 0.15) is 28.6 Å². The van der Waals surface area contributed by atoms with Gasteiger partial charge in [0.25, 0.3) is 5.91 Å². The Hall–Kier alpha value is -4.88. The van der Waals surface area contributed by atoms with Crippen LogP contribution in [0.4, 0.5) is 10.5 Å². The molecule has 2 aromatic rings. The van der Waals surface area contributed by atoms with Gasteiger partial charge in [0.05, 0.1) is 11.6 Å². The van der Waals surface area contributed by atoms with Crippen LogP contribution in [-0.4, -0.2) is 88.7 Å². The summed E-state index contributed by atoms with van der Waals surface area (Å²) in [4.78, 5) is 55.6. The van der Waals surface area contributed by atoms with Crippen LogP contribution in [0.1, 0.15) is 33.5 Å². The van der Waals surface area contributed by atoms with Gasteiger partial charge in [0.2, 0.25) is 5.78 Å². The Bertz CT molecular complexity index is 1690. The van der Waals surface area contributed by atoms with Gasteiger partial charge in [-0.1, -0.05) is 17.7 Å². The number of aliphatic hydroxyl groups excluding tert-OH is 2. The number of carbonyl (C=O) groups excluding carboxylic acids is 4. The van der Waals surface area contributed by atoms with Crippen molar-refractivity contribution in [3.63, 3.8) is 0 Å². The van der Waals surface area contributed by atoms with E-state index in [1.165, 1.54) is 4.90 Å². The Morgan fingerprint density at radius 3 is 2.31 bits per heavy atom. The molecule has 0 heterocycles. The van der Waals surface area contributed by atoms with Gasteiger partial charge in [-0.25, -0.2) is 4.79 Å². The number of allylic oxidation sites excluding steroid dienone is 1. The van der Waals surface area contributed by atoms with Crippen molar-refractivity contribution in [2.24, 2.45) is 17.6 Å². The second-order valence-electron chi connectivity index (χ2n) is 12.2. The number of hydrogen-bond acceptors (Lipinski definition) is 11. The summed E-state index contributed by atoms with van der Waals surface area (Å²) >= 11 is 0. The zero-order valence-corrected chi connectivity index (χ0v) is 25.5. The van der Waals surface area contributed by atoms with Gasteiger partial charge in [-0.05, 0) is 63.5 Å². The first-order valence-corrected chi connectivity index (χ1v) is 14.3. The van der Waals surface area contributed by atoms with Gasteiger partial charge < -0.3 is 41.1 Å². The van der Waals surface area contributed by atoms with E-state index < -0.39 is 69.9 Å². The number of nitrogens with zero attached hydrogens (tertiary/aromatic N) is 2. The molecule has 4 unspecified atom stereocenters. The molecule has 2 amide bonds. The van der Waals surface area contributed by atoms with Crippen molar-refractivity contribution < 1.29 is 44.3 Å². The number of aromatic hydroxyl groups is 1. The number of Topliss-reactive ketones (excluding diaryl/α,β-unsaturated/α-hetero) is 2. The first-order valence-electron chi connectivity index (χ1n) is 14.3. The topological polar surface area (TPSA) is 203 Å². The number of hydrogen-bond donors (Lipinski definition) is 6. The van der Waals surface area contributed by atoms with E-state index >= 15 is 0 Å². The molecule has 0 fully saturated rings. The standard InChI is InChI=1S/C32H36N4O9/c1-14-6-8-17(9-7-14)45-31(43)34-13-16-12-20(35(2)3)18-10-15-11-19-24(36(4)5)27(39)23(30(33)42)29(41)32(19,44)28(40)21(15)26(38)22(18)25(16)37/h6-9,12,15,19,24,37,39-40,44H,10-11,13H2,1-5H3,(H2,33,42)(H,34,43). The first-order chi connectivity index (χ1) is 21.1. The van der Waals surface area contributed by atoms with Crippen LogP contribution in [0.3, 0.4) is 0 Å². The highest BCUT2D eigenvalue weighted by molar-refractivity contribution is 6.25. The number of nitrogens with one attached hydrogen (secondary N) is 1. The average molecular weight is 621 g/mol. The van der Waals surface area contributed by atoms with E-state index in [4.69, 9.17) is 10.5 Å². The summed E-state index contributed by atoms with van der Waals surface area (Å²) < 4.78 is 5.29. The number of benzene rings is 2. The number of rotatable bonds is 6. The van der Waals surface area contributed by atoms with Gasteiger partial charge in [-0.3, -0.25) is 19.3 Å². The number of ether oxygens (including phenoxy) is 1. The number of nitrogens with two attached hydrogens (primary N) is 1. The van der Waals surface area contributed by atoms with E-state index in [1.807, 2.05) is 6.92 Å². The summed E-state index contributed by atoms with van der Waals surface area (Å²) in [5.41, 5.74) is 3.59. The predicted molar refractivity (Wildman–Crippen MR) is 162 cm³/mol. The van der Waals surface area contributed by atoms with Gasteiger partial charge >= 0.3 is 6.09 Å². The van der Waals surface area contributed by atoms with Crippen molar-refractivity contribution in [1.29, 1.82) is 0 Å². The van der Waals surface area contributed by atoms with Gasteiger partial charge in [-0.15, -0.1) is 0 Å². The smallest absolute Gasteiger partial charge is 0.412 e. The number of anilines is 1. The van der Waals surface area contributed by atoms with Crippen molar-refractivity contribution in [1.82, 2.24) is 10.2 Å². The van der Waals surface area contributed by atoms with Crippen LogP contribution in [0, 0.1) is 18.8 Å². The molecule has 13 nitrogen and oxygen atoms in total. The summed E-state index contributed by atoms with van der Waals surface area (Å²) in [6.45, 7) is 1.68. The van der Waals surface area contributed by atoms with E-state index in [0.29, 0.717) is 17.0 Å². The zero-order chi connectivity index (χ0) is 33.1.